The zero-order valence-electron chi connectivity index (χ0n) is 14.2. The minimum Gasteiger partial charge on any atom is -0.331 e. The van der Waals surface area contributed by atoms with Crippen LogP contribution in [0.5, 0.6) is 0 Å². The van der Waals surface area contributed by atoms with E-state index in [-0.39, 0.29) is 5.69 Å². The summed E-state index contributed by atoms with van der Waals surface area (Å²) in [5.74, 6) is 0. The number of nitrogens with one attached hydrogen (secondary N) is 1. The van der Waals surface area contributed by atoms with Crippen LogP contribution in [0.15, 0.2) is 90.0 Å². The second kappa shape index (κ2) is 8.68. The highest BCUT2D eigenvalue weighted by atomic mass is 32.1. The molecule has 0 amide bonds. The van der Waals surface area contributed by atoms with Gasteiger partial charge in [-0.05, 0) is 54.2 Å². The van der Waals surface area contributed by atoms with E-state index in [1.165, 1.54) is 12.1 Å². The van der Waals surface area contributed by atoms with Crippen molar-refractivity contribution in [1.82, 2.24) is 0 Å². The van der Waals surface area contributed by atoms with E-state index in [9.17, 15) is 10.1 Å². The number of non-ortho nitro benzene ring substituents is 1. The largest absolute Gasteiger partial charge is 0.331 e. The Bertz CT molecular complexity index is 945. The summed E-state index contributed by atoms with van der Waals surface area (Å²) in [5, 5.41) is 20.4. The molecule has 0 atom stereocenters. The maximum Gasteiger partial charge on any atom is 0.269 e. The lowest BCUT2D eigenvalue weighted by atomic mass is 10.2. The van der Waals surface area contributed by atoms with Gasteiger partial charge in [-0.25, -0.2) is 5.01 Å². The van der Waals surface area contributed by atoms with Gasteiger partial charge in [-0.2, -0.15) is 5.10 Å². The zero-order valence-corrected chi connectivity index (χ0v) is 15.0. The van der Waals surface area contributed by atoms with Crippen LogP contribution in [0.4, 0.5) is 17.1 Å². The standard InChI is InChI=1S/C20H16N4O2S/c25-24(26)19-13-11-16(12-14-19)15-21-23(18-9-5-2-6-10-18)20(27)22-17-7-3-1-4-8-17/h1-15H,(H,22,27)/b21-15+. The number of rotatable bonds is 5. The second-order valence-corrected chi connectivity index (χ2v) is 5.92. The average Bonchev–Trinajstić information content (AvgIpc) is 2.70. The first-order valence-corrected chi connectivity index (χ1v) is 8.54. The maximum absolute atomic E-state index is 10.8. The van der Waals surface area contributed by atoms with Crippen LogP contribution in [-0.4, -0.2) is 16.3 Å². The van der Waals surface area contributed by atoms with E-state index in [1.54, 1.807) is 23.4 Å². The Labute approximate surface area is 161 Å². The summed E-state index contributed by atoms with van der Waals surface area (Å²) in [6.45, 7) is 0. The number of nitro groups is 1. The van der Waals surface area contributed by atoms with Crippen LogP contribution >= 0.6 is 12.2 Å². The molecule has 3 rings (SSSR count). The Morgan fingerprint density at radius 2 is 1.56 bits per heavy atom. The number of para-hydroxylation sites is 2. The molecule has 0 radical (unpaired) electrons. The number of benzene rings is 3. The van der Waals surface area contributed by atoms with Crippen LogP contribution in [0.1, 0.15) is 5.56 Å². The molecule has 0 saturated carbocycles. The van der Waals surface area contributed by atoms with E-state index in [0.717, 1.165) is 16.9 Å². The molecule has 6 nitrogen and oxygen atoms in total. The minimum atomic E-state index is -0.434. The van der Waals surface area contributed by atoms with Crippen molar-refractivity contribution in [1.29, 1.82) is 0 Å². The van der Waals surface area contributed by atoms with Crippen LogP contribution < -0.4 is 10.3 Å². The molecule has 0 heterocycles. The second-order valence-electron chi connectivity index (χ2n) is 5.54. The highest BCUT2D eigenvalue weighted by Crippen LogP contribution is 2.17. The lowest BCUT2D eigenvalue weighted by Crippen LogP contribution is -2.30. The van der Waals surface area contributed by atoms with Crippen LogP contribution in [0, 0.1) is 10.1 Å². The molecule has 7 heteroatoms. The Hall–Kier alpha value is -3.58. The van der Waals surface area contributed by atoms with E-state index in [2.05, 4.69) is 10.4 Å². The molecular formula is C20H16N4O2S. The van der Waals surface area contributed by atoms with E-state index < -0.39 is 4.92 Å². The number of hydrogen-bond donors (Lipinski definition) is 1. The topological polar surface area (TPSA) is 70.8 Å². The molecular weight excluding hydrogens is 360 g/mol. The molecule has 134 valence electrons. The van der Waals surface area contributed by atoms with Crippen molar-refractivity contribution < 1.29 is 4.92 Å². The first-order valence-electron chi connectivity index (χ1n) is 8.13. The van der Waals surface area contributed by atoms with Gasteiger partial charge in [-0.15, -0.1) is 0 Å². The monoisotopic (exact) mass is 376 g/mol. The summed E-state index contributed by atoms with van der Waals surface area (Å²) in [7, 11) is 0. The highest BCUT2D eigenvalue weighted by Gasteiger charge is 2.11. The average molecular weight is 376 g/mol. The number of hydrogen-bond acceptors (Lipinski definition) is 4. The number of nitro benzene ring substituents is 1. The fourth-order valence-electron chi connectivity index (χ4n) is 2.31. The lowest BCUT2D eigenvalue weighted by Gasteiger charge is -2.20. The lowest BCUT2D eigenvalue weighted by molar-refractivity contribution is -0.384. The van der Waals surface area contributed by atoms with Crippen LogP contribution in [0.2, 0.25) is 0 Å². The molecule has 0 aliphatic rings. The first-order chi connectivity index (χ1) is 13.1. The van der Waals surface area contributed by atoms with Crippen LogP contribution in [-0.2, 0) is 0 Å². The molecule has 0 spiro atoms. The van der Waals surface area contributed by atoms with Gasteiger partial charge in [0.2, 0.25) is 0 Å². The van der Waals surface area contributed by atoms with Crippen molar-refractivity contribution in [3.8, 4) is 0 Å². The van der Waals surface area contributed by atoms with E-state index in [4.69, 9.17) is 12.2 Å². The number of nitrogens with zero attached hydrogens (tertiary/aromatic N) is 3. The summed E-state index contributed by atoms with van der Waals surface area (Å²) in [5.41, 5.74) is 2.41. The van der Waals surface area contributed by atoms with Gasteiger partial charge in [0.1, 0.15) is 0 Å². The Balaban J connectivity index is 1.83. The third-order valence-electron chi connectivity index (χ3n) is 3.64. The van der Waals surface area contributed by atoms with Crippen LogP contribution in [0.25, 0.3) is 0 Å². The summed E-state index contributed by atoms with van der Waals surface area (Å²) in [4.78, 5) is 10.3. The Kier molecular flexibility index (Phi) is 5.86. The summed E-state index contributed by atoms with van der Waals surface area (Å²) < 4.78 is 0. The van der Waals surface area contributed by atoms with Crippen LogP contribution in [0.3, 0.4) is 0 Å². The fraction of sp³-hybridized carbons (Fsp3) is 0. The van der Waals surface area contributed by atoms with Crippen molar-refractivity contribution >= 4 is 40.6 Å². The van der Waals surface area contributed by atoms with Gasteiger partial charge in [-0.1, -0.05) is 36.4 Å². The maximum atomic E-state index is 10.8. The normalized spacial score (nSPS) is 10.5. The third-order valence-corrected chi connectivity index (χ3v) is 3.92. The summed E-state index contributed by atoms with van der Waals surface area (Å²) in [6.07, 6.45) is 1.61. The predicted molar refractivity (Wildman–Crippen MR) is 112 cm³/mol. The third kappa shape index (κ3) is 4.96. The van der Waals surface area contributed by atoms with Crippen molar-refractivity contribution in [2.75, 3.05) is 10.3 Å². The summed E-state index contributed by atoms with van der Waals surface area (Å²) >= 11 is 5.52. The molecule has 3 aromatic carbocycles. The number of anilines is 2. The molecule has 0 aliphatic carbocycles. The van der Waals surface area contributed by atoms with E-state index in [0.29, 0.717) is 5.11 Å². The molecule has 0 unspecified atom stereocenters. The molecule has 0 bridgehead atoms. The molecule has 0 saturated heterocycles. The smallest absolute Gasteiger partial charge is 0.269 e. The fourth-order valence-corrected chi connectivity index (χ4v) is 2.58. The highest BCUT2D eigenvalue weighted by molar-refractivity contribution is 7.80. The van der Waals surface area contributed by atoms with E-state index >= 15 is 0 Å². The van der Waals surface area contributed by atoms with Gasteiger partial charge in [0.15, 0.2) is 5.11 Å². The number of hydrazone groups is 1. The van der Waals surface area contributed by atoms with E-state index in [1.807, 2.05) is 60.7 Å². The first kappa shape index (κ1) is 18.2. The zero-order chi connectivity index (χ0) is 19.1. The molecule has 1 N–H and O–H groups in total. The van der Waals surface area contributed by atoms with Crippen molar-refractivity contribution in [2.45, 2.75) is 0 Å². The Morgan fingerprint density at radius 3 is 2.15 bits per heavy atom. The predicted octanol–water partition coefficient (Wildman–Crippen LogP) is 4.83. The van der Waals surface area contributed by atoms with Gasteiger partial charge in [-0.3, -0.25) is 10.1 Å². The molecule has 27 heavy (non-hydrogen) atoms. The number of thiocarbonyl (C=S) groups is 1. The summed E-state index contributed by atoms with van der Waals surface area (Å²) in [6, 6.07) is 25.2. The molecule has 0 aliphatic heterocycles. The van der Waals surface area contributed by atoms with Gasteiger partial charge in [0.25, 0.3) is 5.69 Å². The van der Waals surface area contributed by atoms with Crippen molar-refractivity contribution in [3.63, 3.8) is 0 Å². The van der Waals surface area contributed by atoms with Crippen molar-refractivity contribution in [3.05, 3.63) is 101 Å². The van der Waals surface area contributed by atoms with Gasteiger partial charge in [0, 0.05) is 17.8 Å². The van der Waals surface area contributed by atoms with Gasteiger partial charge in [0.05, 0.1) is 16.8 Å². The Morgan fingerprint density at radius 1 is 0.963 bits per heavy atom. The SMILES string of the molecule is O=[N+]([O-])c1ccc(/C=N/N(C(=S)Nc2ccccc2)c2ccccc2)cc1. The minimum absolute atomic E-state index is 0.0355. The molecule has 3 aromatic rings. The van der Waals surface area contributed by atoms with Gasteiger partial charge >= 0.3 is 0 Å². The quantitative estimate of drug-likeness (QED) is 0.299. The molecule has 0 aromatic heterocycles. The van der Waals surface area contributed by atoms with Gasteiger partial charge < -0.3 is 5.32 Å². The van der Waals surface area contributed by atoms with Crippen molar-refractivity contribution in [2.24, 2.45) is 5.10 Å². The molecule has 0 fully saturated rings.